The number of ketones is 1. The van der Waals surface area contributed by atoms with Crippen LogP contribution >= 0.6 is 0 Å². The van der Waals surface area contributed by atoms with Gasteiger partial charge in [0.25, 0.3) is 0 Å². The van der Waals surface area contributed by atoms with Crippen LogP contribution in [0.4, 0.5) is 11.4 Å². The lowest BCUT2D eigenvalue weighted by atomic mass is 9.77. The van der Waals surface area contributed by atoms with Crippen molar-refractivity contribution in [1.29, 1.82) is 0 Å². The molecular weight excluding hydrogens is 420 g/mol. The van der Waals surface area contributed by atoms with Gasteiger partial charge in [0, 0.05) is 52.7 Å². The molecule has 0 amide bonds. The Bertz CT molecular complexity index is 1440. The van der Waals surface area contributed by atoms with Gasteiger partial charge in [0.15, 0.2) is 11.5 Å². The van der Waals surface area contributed by atoms with Crippen LogP contribution in [0, 0.1) is 0 Å². The molecule has 34 heavy (non-hydrogen) atoms. The van der Waals surface area contributed by atoms with Crippen molar-refractivity contribution in [2.45, 2.75) is 38.5 Å². The minimum Gasteiger partial charge on any atom is -0.422 e. The lowest BCUT2D eigenvalue weighted by Crippen LogP contribution is -2.30. The first-order valence-electron chi connectivity index (χ1n) is 11.5. The molecule has 2 aromatic rings. The predicted molar refractivity (Wildman–Crippen MR) is 137 cm³/mol. The number of nitrogens with zero attached hydrogens (tertiary/aromatic N) is 4. The molecule has 0 radical (unpaired) electrons. The minimum absolute atomic E-state index is 0.0747. The van der Waals surface area contributed by atoms with Gasteiger partial charge in [-0.3, -0.25) is 4.79 Å². The van der Waals surface area contributed by atoms with E-state index < -0.39 is 0 Å². The molecule has 2 aliphatic heterocycles. The molecule has 3 aliphatic rings. The topological polar surface area (TPSA) is 58.0 Å². The second kappa shape index (κ2) is 7.34. The van der Waals surface area contributed by atoms with E-state index in [1.165, 1.54) is 11.1 Å². The molecule has 0 atom stereocenters. The Balaban J connectivity index is 1.62. The van der Waals surface area contributed by atoms with E-state index in [1.54, 1.807) is 0 Å². The molecule has 2 heterocycles. The Hall–Kier alpha value is -3.82. The molecule has 0 saturated heterocycles. The van der Waals surface area contributed by atoms with E-state index in [0.29, 0.717) is 16.8 Å². The van der Waals surface area contributed by atoms with Gasteiger partial charge in [0.05, 0.1) is 5.41 Å². The standard InChI is InChI=1S/C29H28N4O/c1-28(2)20-11-7-9-13-22(20)32(5)24(28)15-18-26(31-17-30)19(27(18)34)16-25-29(3,4)21-12-8-10-14-23(21)33(25)6/h7-16H,1-6H3. The molecule has 0 fully saturated rings. The summed E-state index contributed by atoms with van der Waals surface area (Å²) in [7, 11) is 4.04. The number of Topliss-reactive ketones (excluding diaryl/α,β-unsaturated/α-hetero) is 1. The van der Waals surface area contributed by atoms with Crippen molar-refractivity contribution in [2.24, 2.45) is 4.99 Å². The van der Waals surface area contributed by atoms with Crippen molar-refractivity contribution in [3.05, 3.63) is 99.8 Å². The van der Waals surface area contributed by atoms with Crippen molar-refractivity contribution in [1.82, 2.24) is 0 Å². The molecule has 0 N–H and O–H groups in total. The number of rotatable bonds is 3. The zero-order valence-electron chi connectivity index (χ0n) is 20.5. The van der Waals surface area contributed by atoms with Crippen LogP contribution in [0.25, 0.3) is 5.41 Å². The van der Waals surface area contributed by atoms with Crippen LogP contribution in [0.3, 0.4) is 0 Å². The Morgan fingerprint density at radius 3 is 2.26 bits per heavy atom. The average Bonchev–Trinajstić information content (AvgIpc) is 3.13. The smallest absolute Gasteiger partial charge is 0.209 e. The van der Waals surface area contributed by atoms with E-state index in [0.717, 1.165) is 22.8 Å². The van der Waals surface area contributed by atoms with E-state index >= 15 is 0 Å². The molecule has 5 rings (SSSR count). The molecule has 0 saturated carbocycles. The van der Waals surface area contributed by atoms with Crippen LogP contribution < -0.4 is 4.90 Å². The van der Waals surface area contributed by atoms with Gasteiger partial charge in [-0.1, -0.05) is 50.2 Å². The molecular formula is C29H28N4O. The van der Waals surface area contributed by atoms with Crippen molar-refractivity contribution < 1.29 is 9.37 Å². The van der Waals surface area contributed by atoms with Crippen LogP contribution in [-0.4, -0.2) is 36.2 Å². The Morgan fingerprint density at radius 2 is 1.62 bits per heavy atom. The van der Waals surface area contributed by atoms with Crippen LogP contribution in [0.5, 0.6) is 0 Å². The summed E-state index contributed by atoms with van der Waals surface area (Å²) >= 11 is 0. The molecule has 0 bridgehead atoms. The first-order valence-corrected chi connectivity index (χ1v) is 11.5. The maximum absolute atomic E-state index is 13.4. The molecule has 0 spiro atoms. The lowest BCUT2D eigenvalue weighted by Gasteiger charge is -2.29. The Labute approximate surface area is 200 Å². The summed E-state index contributed by atoms with van der Waals surface area (Å²) in [6.07, 6.45) is 3.83. The number of likely N-dealkylation sites (N-methyl/N-ethyl adjacent to an activating group) is 1. The number of carbonyl (C=O) groups is 1. The fraction of sp³-hybridized carbons (Fsp3) is 0.276. The highest BCUT2D eigenvalue weighted by Crippen LogP contribution is 2.48. The van der Waals surface area contributed by atoms with Crippen molar-refractivity contribution in [3.8, 4) is 0 Å². The fourth-order valence-electron chi connectivity index (χ4n) is 5.67. The van der Waals surface area contributed by atoms with E-state index in [1.807, 2.05) is 56.5 Å². The zero-order chi connectivity index (χ0) is 24.4. The number of allylic oxidation sites excluding steroid dienone is 5. The molecule has 5 nitrogen and oxygen atoms in total. The summed E-state index contributed by atoms with van der Waals surface area (Å²) in [5.74, 6) is -0.0747. The summed E-state index contributed by atoms with van der Waals surface area (Å²) in [6, 6.07) is 18.5. The van der Waals surface area contributed by atoms with Gasteiger partial charge in [0.1, 0.15) is 7.05 Å². The summed E-state index contributed by atoms with van der Waals surface area (Å²) in [4.78, 5) is 19.6. The van der Waals surface area contributed by atoms with Crippen LogP contribution in [-0.2, 0) is 15.6 Å². The number of hydrogen-bond donors (Lipinski definition) is 0. The van der Waals surface area contributed by atoms with Gasteiger partial charge >= 0.3 is 0 Å². The SMILES string of the molecule is CN1C(=CC2=C(N=C=[N-])C(=CC3=[N+](C)c4ccccc4C3(C)C)C2=O)C(C)(C)c2ccccc21. The number of para-hydroxylation sites is 2. The highest BCUT2D eigenvalue weighted by molar-refractivity contribution is 6.25. The molecule has 170 valence electrons. The number of carbonyl (C=O) groups excluding carboxylic acids is 1. The summed E-state index contributed by atoms with van der Waals surface area (Å²) in [5, 5.41) is 9.40. The zero-order valence-corrected chi connectivity index (χ0v) is 20.5. The van der Waals surface area contributed by atoms with E-state index in [9.17, 15) is 10.2 Å². The van der Waals surface area contributed by atoms with Gasteiger partial charge < -0.3 is 15.3 Å². The predicted octanol–water partition coefficient (Wildman–Crippen LogP) is 5.51. The second-order valence-corrected chi connectivity index (χ2v) is 10.2. The van der Waals surface area contributed by atoms with Gasteiger partial charge in [-0.2, -0.15) is 10.6 Å². The van der Waals surface area contributed by atoms with E-state index in [4.69, 9.17) is 0 Å². The lowest BCUT2D eigenvalue weighted by molar-refractivity contribution is -0.401. The van der Waals surface area contributed by atoms with Crippen molar-refractivity contribution in [3.63, 3.8) is 0 Å². The van der Waals surface area contributed by atoms with Crippen LogP contribution in [0.1, 0.15) is 38.8 Å². The molecule has 0 unspecified atom stereocenters. The Morgan fingerprint density at radius 1 is 0.971 bits per heavy atom. The maximum Gasteiger partial charge on any atom is 0.209 e. The van der Waals surface area contributed by atoms with Gasteiger partial charge in [-0.15, -0.1) is 0 Å². The van der Waals surface area contributed by atoms with Crippen molar-refractivity contribution >= 4 is 28.9 Å². The third kappa shape index (κ3) is 2.87. The second-order valence-electron chi connectivity index (χ2n) is 10.2. The first-order chi connectivity index (χ1) is 16.1. The fourth-order valence-corrected chi connectivity index (χ4v) is 5.67. The first kappa shape index (κ1) is 22.0. The van der Waals surface area contributed by atoms with E-state index in [-0.39, 0.29) is 16.6 Å². The Kier molecular flexibility index (Phi) is 4.75. The van der Waals surface area contributed by atoms with Crippen LogP contribution in [0.15, 0.2) is 88.2 Å². The third-order valence-electron chi connectivity index (χ3n) is 7.60. The van der Waals surface area contributed by atoms with Gasteiger partial charge in [-0.25, -0.2) is 0 Å². The number of aliphatic imine (C=N–C) groups is 1. The quantitative estimate of drug-likeness (QED) is 0.353. The van der Waals surface area contributed by atoms with Gasteiger partial charge in [0.2, 0.25) is 5.69 Å². The third-order valence-corrected chi connectivity index (χ3v) is 7.60. The van der Waals surface area contributed by atoms with Gasteiger partial charge in [-0.05, 0) is 37.3 Å². The van der Waals surface area contributed by atoms with Crippen LogP contribution in [0.2, 0.25) is 0 Å². The molecule has 2 aromatic carbocycles. The minimum atomic E-state index is -0.264. The molecule has 0 aromatic heterocycles. The van der Waals surface area contributed by atoms with Crippen molar-refractivity contribution in [2.75, 3.05) is 19.0 Å². The monoisotopic (exact) mass is 448 g/mol. The average molecular weight is 449 g/mol. The summed E-state index contributed by atoms with van der Waals surface area (Å²) < 4.78 is 2.13. The van der Waals surface area contributed by atoms with E-state index in [2.05, 4.69) is 66.4 Å². The molecule has 5 heteroatoms. The highest BCUT2D eigenvalue weighted by Gasteiger charge is 2.45. The normalized spacial score (nSPS) is 22.2. The highest BCUT2D eigenvalue weighted by atomic mass is 16.1. The number of fused-ring (bicyclic) bond motifs is 2. The number of anilines is 1. The summed E-state index contributed by atoms with van der Waals surface area (Å²) in [5.41, 5.74) is 7.64. The number of hydrogen-bond acceptors (Lipinski definition) is 3. The largest absolute Gasteiger partial charge is 0.422 e. The summed E-state index contributed by atoms with van der Waals surface area (Å²) in [6.45, 7) is 8.63. The number of benzene rings is 2. The maximum atomic E-state index is 13.4. The molecule has 1 aliphatic carbocycles.